The molecule has 2 rings (SSSR count). The third-order valence-electron chi connectivity index (χ3n) is 2.77. The minimum Gasteiger partial charge on any atom is -0.377 e. The van der Waals surface area contributed by atoms with Crippen molar-refractivity contribution in [3.63, 3.8) is 0 Å². The van der Waals surface area contributed by atoms with E-state index in [2.05, 4.69) is 41.7 Å². The molecule has 0 aliphatic carbocycles. The molecule has 0 aromatic heterocycles. The molecule has 1 heterocycles. The summed E-state index contributed by atoms with van der Waals surface area (Å²) in [4.78, 5) is 0. The van der Waals surface area contributed by atoms with Crippen LogP contribution in [0.25, 0.3) is 6.08 Å². The zero-order chi connectivity index (χ0) is 11.1. The zero-order valence-electron chi connectivity index (χ0n) is 9.56. The molecule has 1 saturated heterocycles. The minimum atomic E-state index is 0.435. The van der Waals surface area contributed by atoms with Crippen molar-refractivity contribution >= 4 is 6.08 Å². The lowest BCUT2D eigenvalue weighted by molar-refractivity contribution is 0.111. The Kier molecular flexibility index (Phi) is 4.59. The molecule has 16 heavy (non-hydrogen) atoms. The first-order chi connectivity index (χ1) is 7.95. The molecule has 1 fully saturated rings. The first kappa shape index (κ1) is 11.4. The summed E-state index contributed by atoms with van der Waals surface area (Å²) < 4.78 is 5.53. The topological polar surface area (TPSA) is 21.3 Å². The van der Waals surface area contributed by atoms with E-state index in [4.69, 9.17) is 4.74 Å². The molecule has 1 aliphatic rings. The molecule has 0 saturated carbocycles. The van der Waals surface area contributed by atoms with Crippen molar-refractivity contribution in [1.82, 2.24) is 5.32 Å². The molecule has 1 aromatic rings. The van der Waals surface area contributed by atoms with Crippen molar-refractivity contribution < 1.29 is 4.74 Å². The molecule has 0 bridgehead atoms. The molecule has 2 nitrogen and oxygen atoms in total. The SMILES string of the molecule is C(=C/c1ccccc1)/CNC[C@H]1CCCO1. The maximum absolute atomic E-state index is 5.53. The molecular formula is C14H19NO. The maximum atomic E-state index is 5.53. The summed E-state index contributed by atoms with van der Waals surface area (Å²) in [5.74, 6) is 0. The van der Waals surface area contributed by atoms with Crippen LogP contribution in [0.5, 0.6) is 0 Å². The van der Waals surface area contributed by atoms with Crippen LogP contribution < -0.4 is 5.32 Å². The van der Waals surface area contributed by atoms with Gasteiger partial charge in [-0.05, 0) is 18.4 Å². The molecule has 1 atom stereocenters. The van der Waals surface area contributed by atoms with Gasteiger partial charge in [0.25, 0.3) is 0 Å². The monoisotopic (exact) mass is 217 g/mol. The van der Waals surface area contributed by atoms with Crippen LogP contribution in [-0.2, 0) is 4.74 Å². The lowest BCUT2D eigenvalue weighted by Gasteiger charge is -2.08. The molecule has 1 aromatic carbocycles. The molecule has 2 heteroatoms. The van der Waals surface area contributed by atoms with Gasteiger partial charge in [0.15, 0.2) is 0 Å². The van der Waals surface area contributed by atoms with Crippen molar-refractivity contribution in [2.45, 2.75) is 18.9 Å². The molecule has 0 radical (unpaired) electrons. The standard InChI is InChI=1S/C14H19NO/c1-2-6-13(7-3-1)8-4-10-15-12-14-9-5-11-16-14/h1-4,6-8,14-15H,5,9-12H2/b8-4-/t14-/m1/s1. The quantitative estimate of drug-likeness (QED) is 0.765. The predicted octanol–water partition coefficient (Wildman–Crippen LogP) is 2.47. The Morgan fingerprint density at radius 1 is 1.31 bits per heavy atom. The summed E-state index contributed by atoms with van der Waals surface area (Å²) in [7, 11) is 0. The van der Waals surface area contributed by atoms with Gasteiger partial charge in [-0.3, -0.25) is 0 Å². The second-order valence-electron chi connectivity index (χ2n) is 4.11. The summed E-state index contributed by atoms with van der Waals surface area (Å²) in [6.45, 7) is 2.82. The Labute approximate surface area is 97.3 Å². The summed E-state index contributed by atoms with van der Waals surface area (Å²) in [6.07, 6.45) is 7.15. The Bertz CT molecular complexity index is 315. The van der Waals surface area contributed by atoms with Crippen molar-refractivity contribution in [3.05, 3.63) is 42.0 Å². The lowest BCUT2D eigenvalue weighted by Crippen LogP contribution is -2.26. The average Bonchev–Trinajstić information content (AvgIpc) is 2.83. The Balaban J connectivity index is 1.62. The van der Waals surface area contributed by atoms with E-state index in [9.17, 15) is 0 Å². The second kappa shape index (κ2) is 6.46. The largest absolute Gasteiger partial charge is 0.377 e. The molecule has 86 valence electrons. The minimum absolute atomic E-state index is 0.435. The van der Waals surface area contributed by atoms with Crippen molar-refractivity contribution in [3.8, 4) is 0 Å². The molecule has 0 unspecified atom stereocenters. The highest BCUT2D eigenvalue weighted by Gasteiger charge is 2.13. The van der Waals surface area contributed by atoms with Crippen LogP contribution in [0, 0.1) is 0 Å². The van der Waals surface area contributed by atoms with Crippen LogP contribution >= 0.6 is 0 Å². The average molecular weight is 217 g/mol. The Hall–Kier alpha value is -1.12. The number of hydrogen-bond acceptors (Lipinski definition) is 2. The number of ether oxygens (including phenoxy) is 1. The van der Waals surface area contributed by atoms with Gasteiger partial charge < -0.3 is 10.1 Å². The first-order valence-electron chi connectivity index (χ1n) is 5.99. The third-order valence-corrected chi connectivity index (χ3v) is 2.77. The van der Waals surface area contributed by atoms with Crippen LogP contribution in [0.3, 0.4) is 0 Å². The van der Waals surface area contributed by atoms with Gasteiger partial charge in [-0.1, -0.05) is 42.5 Å². The van der Waals surface area contributed by atoms with Crippen molar-refractivity contribution in [2.75, 3.05) is 19.7 Å². The van der Waals surface area contributed by atoms with E-state index >= 15 is 0 Å². The maximum Gasteiger partial charge on any atom is 0.0700 e. The van der Waals surface area contributed by atoms with Gasteiger partial charge in [0.1, 0.15) is 0 Å². The first-order valence-corrected chi connectivity index (χ1v) is 5.99. The van der Waals surface area contributed by atoms with Gasteiger partial charge in [-0.2, -0.15) is 0 Å². The highest BCUT2D eigenvalue weighted by Crippen LogP contribution is 2.10. The van der Waals surface area contributed by atoms with E-state index < -0.39 is 0 Å². The lowest BCUT2D eigenvalue weighted by atomic mass is 10.2. The van der Waals surface area contributed by atoms with E-state index in [-0.39, 0.29) is 0 Å². The normalized spacial score (nSPS) is 20.6. The van der Waals surface area contributed by atoms with E-state index in [1.54, 1.807) is 0 Å². The third kappa shape index (κ3) is 3.80. The van der Waals surface area contributed by atoms with Crippen LogP contribution in [0.4, 0.5) is 0 Å². The van der Waals surface area contributed by atoms with Gasteiger partial charge in [-0.25, -0.2) is 0 Å². The summed E-state index contributed by atoms with van der Waals surface area (Å²) in [6, 6.07) is 10.4. The number of rotatable bonds is 5. The van der Waals surface area contributed by atoms with Gasteiger partial charge in [0, 0.05) is 19.7 Å². The summed E-state index contributed by atoms with van der Waals surface area (Å²) in [5.41, 5.74) is 1.25. The molecule has 1 N–H and O–H groups in total. The van der Waals surface area contributed by atoms with E-state index in [1.807, 2.05) is 6.07 Å². The van der Waals surface area contributed by atoms with Gasteiger partial charge in [0.2, 0.25) is 0 Å². The van der Waals surface area contributed by atoms with Crippen LogP contribution in [0.15, 0.2) is 36.4 Å². The number of hydrogen-bond donors (Lipinski definition) is 1. The highest BCUT2D eigenvalue weighted by molar-refractivity contribution is 5.48. The van der Waals surface area contributed by atoms with E-state index in [1.165, 1.54) is 18.4 Å². The summed E-state index contributed by atoms with van der Waals surface area (Å²) in [5, 5.41) is 3.39. The van der Waals surface area contributed by atoms with Crippen LogP contribution in [0.2, 0.25) is 0 Å². The molecule has 0 spiro atoms. The van der Waals surface area contributed by atoms with E-state index in [0.717, 1.165) is 19.7 Å². The Morgan fingerprint density at radius 3 is 2.94 bits per heavy atom. The van der Waals surface area contributed by atoms with Gasteiger partial charge in [-0.15, -0.1) is 0 Å². The smallest absolute Gasteiger partial charge is 0.0700 e. The predicted molar refractivity (Wildman–Crippen MR) is 67.3 cm³/mol. The highest BCUT2D eigenvalue weighted by atomic mass is 16.5. The summed E-state index contributed by atoms with van der Waals surface area (Å²) >= 11 is 0. The van der Waals surface area contributed by atoms with Crippen molar-refractivity contribution in [2.24, 2.45) is 0 Å². The molecular weight excluding hydrogens is 198 g/mol. The number of nitrogens with one attached hydrogen (secondary N) is 1. The zero-order valence-corrected chi connectivity index (χ0v) is 9.56. The van der Waals surface area contributed by atoms with Gasteiger partial charge >= 0.3 is 0 Å². The van der Waals surface area contributed by atoms with Crippen LogP contribution in [-0.4, -0.2) is 25.8 Å². The van der Waals surface area contributed by atoms with Gasteiger partial charge in [0.05, 0.1) is 6.10 Å². The van der Waals surface area contributed by atoms with Crippen LogP contribution in [0.1, 0.15) is 18.4 Å². The fraction of sp³-hybridized carbons (Fsp3) is 0.429. The molecule has 1 aliphatic heterocycles. The molecule has 0 amide bonds. The fourth-order valence-corrected chi connectivity index (χ4v) is 1.89. The Morgan fingerprint density at radius 2 is 2.19 bits per heavy atom. The van der Waals surface area contributed by atoms with Crippen molar-refractivity contribution in [1.29, 1.82) is 0 Å². The fourth-order valence-electron chi connectivity index (χ4n) is 1.89. The van der Waals surface area contributed by atoms with E-state index in [0.29, 0.717) is 6.10 Å². The number of benzene rings is 1. The second-order valence-corrected chi connectivity index (χ2v) is 4.11.